The predicted molar refractivity (Wildman–Crippen MR) is 99.9 cm³/mol. The van der Waals surface area contributed by atoms with Crippen LogP contribution < -0.4 is 5.32 Å². The summed E-state index contributed by atoms with van der Waals surface area (Å²) in [7, 11) is 1.24. The van der Waals surface area contributed by atoms with Gasteiger partial charge in [-0.1, -0.05) is 36.4 Å². The van der Waals surface area contributed by atoms with Gasteiger partial charge in [0, 0.05) is 22.4 Å². The lowest BCUT2D eigenvalue weighted by Gasteiger charge is -2.15. The van der Waals surface area contributed by atoms with Gasteiger partial charge in [-0.3, -0.25) is 4.21 Å². The van der Waals surface area contributed by atoms with Crippen LogP contribution in [0.3, 0.4) is 0 Å². The van der Waals surface area contributed by atoms with E-state index in [1.807, 2.05) is 30.3 Å². The Morgan fingerprint density at radius 2 is 1.58 bits per heavy atom. The van der Waals surface area contributed by atoms with Gasteiger partial charge in [-0.25, -0.2) is 9.59 Å². The highest BCUT2D eigenvalue weighted by molar-refractivity contribution is 7.84. The van der Waals surface area contributed by atoms with Gasteiger partial charge in [0.1, 0.15) is 5.70 Å². The van der Waals surface area contributed by atoms with Crippen LogP contribution in [0.1, 0.15) is 0 Å². The summed E-state index contributed by atoms with van der Waals surface area (Å²) in [4.78, 5) is 24.2. The fourth-order valence-corrected chi connectivity index (χ4v) is 3.10. The molecule has 0 bridgehead atoms. The van der Waals surface area contributed by atoms with E-state index in [1.54, 1.807) is 24.5 Å². The van der Waals surface area contributed by atoms with E-state index in [1.165, 1.54) is 14.2 Å². The second-order valence-corrected chi connectivity index (χ2v) is 6.54. The highest BCUT2D eigenvalue weighted by Crippen LogP contribution is 2.32. The molecule has 0 saturated heterocycles. The molecule has 0 aromatic heterocycles. The van der Waals surface area contributed by atoms with Gasteiger partial charge in [0.2, 0.25) is 0 Å². The van der Waals surface area contributed by atoms with Gasteiger partial charge in [-0.05, 0) is 17.7 Å². The summed E-state index contributed by atoms with van der Waals surface area (Å²) in [6, 6.07) is 14.5. The zero-order valence-electron chi connectivity index (χ0n) is 14.6. The minimum absolute atomic E-state index is 0.0677. The van der Waals surface area contributed by atoms with Gasteiger partial charge in [0.05, 0.1) is 31.1 Å². The predicted octanol–water partition coefficient (Wildman–Crippen LogP) is 2.73. The van der Waals surface area contributed by atoms with Gasteiger partial charge in [0.25, 0.3) is 0 Å². The van der Waals surface area contributed by atoms with E-state index < -0.39 is 22.7 Å². The number of carbonyl (C=O) groups excluding carboxylic acids is 2. The van der Waals surface area contributed by atoms with Gasteiger partial charge in [-0.15, -0.1) is 0 Å². The van der Waals surface area contributed by atoms with Crippen molar-refractivity contribution in [3.8, 4) is 11.1 Å². The maximum atomic E-state index is 12.1. The Morgan fingerprint density at radius 3 is 2.19 bits per heavy atom. The second-order valence-electron chi connectivity index (χ2n) is 5.19. The fraction of sp³-hybridized carbons (Fsp3) is 0.158. The minimum Gasteiger partial charge on any atom is -0.466 e. The molecule has 0 spiro atoms. The summed E-state index contributed by atoms with van der Waals surface area (Å²) in [5, 5.41) is 2.91. The molecule has 1 atom stereocenters. The van der Waals surface area contributed by atoms with E-state index in [9.17, 15) is 13.8 Å². The van der Waals surface area contributed by atoms with Gasteiger partial charge in [0.15, 0.2) is 0 Å². The molecule has 2 aromatic rings. The first-order chi connectivity index (χ1) is 12.5. The van der Waals surface area contributed by atoms with Crippen molar-refractivity contribution in [3.05, 3.63) is 60.3 Å². The number of ether oxygens (including phenoxy) is 2. The molecule has 0 aliphatic rings. The first-order valence-corrected chi connectivity index (χ1v) is 9.20. The topological polar surface area (TPSA) is 81.7 Å². The SMILES string of the molecule is COC(=O)/C=C(/Nc1ccccc1-c1ccccc1S(C)=O)C(=O)OC. The molecule has 0 saturated carbocycles. The Balaban J connectivity index is 2.53. The highest BCUT2D eigenvalue weighted by atomic mass is 32.2. The smallest absolute Gasteiger partial charge is 0.354 e. The molecule has 0 radical (unpaired) electrons. The van der Waals surface area contributed by atoms with Gasteiger partial charge < -0.3 is 14.8 Å². The Labute approximate surface area is 154 Å². The van der Waals surface area contributed by atoms with Crippen LogP contribution in [-0.2, 0) is 29.9 Å². The normalized spacial score (nSPS) is 12.2. The zero-order valence-corrected chi connectivity index (χ0v) is 15.5. The number of nitrogens with one attached hydrogen (secondary N) is 1. The molecular weight excluding hydrogens is 354 g/mol. The number of rotatable bonds is 6. The molecule has 6 nitrogen and oxygen atoms in total. The van der Waals surface area contributed by atoms with Crippen LogP contribution in [-0.4, -0.2) is 36.6 Å². The number of carbonyl (C=O) groups is 2. The Morgan fingerprint density at radius 1 is 0.962 bits per heavy atom. The second kappa shape index (κ2) is 8.96. The van der Waals surface area contributed by atoms with Gasteiger partial charge >= 0.3 is 11.9 Å². The van der Waals surface area contributed by atoms with Crippen LogP contribution >= 0.6 is 0 Å². The lowest BCUT2D eigenvalue weighted by Crippen LogP contribution is -2.16. The van der Waals surface area contributed by atoms with E-state index in [0.29, 0.717) is 10.6 Å². The van der Waals surface area contributed by atoms with Crippen LogP contribution in [0, 0.1) is 0 Å². The maximum Gasteiger partial charge on any atom is 0.354 e. The molecule has 0 fully saturated rings. The van der Waals surface area contributed by atoms with Crippen molar-refractivity contribution >= 4 is 28.4 Å². The van der Waals surface area contributed by atoms with E-state index in [4.69, 9.17) is 4.74 Å². The summed E-state index contributed by atoms with van der Waals surface area (Å²) in [6.07, 6.45) is 2.62. The molecule has 26 heavy (non-hydrogen) atoms. The molecule has 0 heterocycles. The van der Waals surface area contributed by atoms with E-state index in [2.05, 4.69) is 10.1 Å². The summed E-state index contributed by atoms with van der Waals surface area (Å²) < 4.78 is 21.3. The Kier molecular flexibility index (Phi) is 6.68. The average Bonchev–Trinajstić information content (AvgIpc) is 2.67. The third-order valence-electron chi connectivity index (χ3n) is 3.55. The number of para-hydroxylation sites is 1. The molecule has 1 unspecified atom stereocenters. The molecule has 1 N–H and O–H groups in total. The summed E-state index contributed by atoms with van der Waals surface area (Å²) in [5.41, 5.74) is 1.99. The minimum atomic E-state index is -1.19. The Hall–Kier alpha value is -2.93. The number of esters is 2. The van der Waals surface area contributed by atoms with Crippen LogP contribution in [0.5, 0.6) is 0 Å². The van der Waals surface area contributed by atoms with Crippen LogP contribution in [0.15, 0.2) is 65.2 Å². The molecule has 2 rings (SSSR count). The average molecular weight is 373 g/mol. The number of hydrogen-bond donors (Lipinski definition) is 1. The monoisotopic (exact) mass is 373 g/mol. The molecule has 0 amide bonds. The summed E-state index contributed by atoms with van der Waals surface area (Å²) in [6.45, 7) is 0. The van der Waals surface area contributed by atoms with Crippen molar-refractivity contribution in [2.24, 2.45) is 0 Å². The third-order valence-corrected chi connectivity index (χ3v) is 4.53. The van der Waals surface area contributed by atoms with Crippen molar-refractivity contribution in [1.82, 2.24) is 0 Å². The van der Waals surface area contributed by atoms with Crippen molar-refractivity contribution in [1.29, 1.82) is 0 Å². The van der Waals surface area contributed by atoms with Gasteiger partial charge in [-0.2, -0.15) is 0 Å². The zero-order chi connectivity index (χ0) is 19.1. The molecule has 0 aliphatic heterocycles. The van der Waals surface area contributed by atoms with Crippen LogP contribution in [0.2, 0.25) is 0 Å². The largest absolute Gasteiger partial charge is 0.466 e. The number of benzene rings is 2. The maximum absolute atomic E-state index is 12.1. The lowest BCUT2D eigenvalue weighted by molar-refractivity contribution is -0.138. The quantitative estimate of drug-likeness (QED) is 0.619. The summed E-state index contributed by atoms with van der Waals surface area (Å²) in [5.74, 6) is -1.40. The van der Waals surface area contributed by atoms with Crippen molar-refractivity contribution in [3.63, 3.8) is 0 Å². The van der Waals surface area contributed by atoms with Crippen molar-refractivity contribution in [2.45, 2.75) is 4.90 Å². The van der Waals surface area contributed by atoms with Crippen molar-refractivity contribution < 1.29 is 23.3 Å². The van der Waals surface area contributed by atoms with E-state index in [0.717, 1.165) is 17.2 Å². The van der Waals surface area contributed by atoms with E-state index in [-0.39, 0.29) is 5.70 Å². The van der Waals surface area contributed by atoms with E-state index >= 15 is 0 Å². The molecule has 2 aromatic carbocycles. The lowest BCUT2D eigenvalue weighted by atomic mass is 10.0. The fourth-order valence-electron chi connectivity index (χ4n) is 2.34. The third kappa shape index (κ3) is 4.58. The molecule has 0 aliphatic carbocycles. The first-order valence-electron chi connectivity index (χ1n) is 7.64. The Bertz CT molecular complexity index is 876. The standard InChI is InChI=1S/C19H19NO5S/c1-24-18(21)12-16(19(22)25-2)20-15-10-6-4-8-13(15)14-9-5-7-11-17(14)26(3)23/h4-12,20H,1-3H3/b16-12+. The van der Waals surface area contributed by atoms with Crippen molar-refractivity contribution in [2.75, 3.05) is 25.8 Å². The molecular formula is C19H19NO5S. The molecule has 7 heteroatoms. The summed E-state index contributed by atoms with van der Waals surface area (Å²) >= 11 is 0. The van der Waals surface area contributed by atoms with Crippen LogP contribution in [0.4, 0.5) is 5.69 Å². The number of hydrogen-bond acceptors (Lipinski definition) is 6. The first kappa shape index (κ1) is 19.4. The highest BCUT2D eigenvalue weighted by Gasteiger charge is 2.16. The number of methoxy groups -OCH3 is 2. The van der Waals surface area contributed by atoms with Crippen LogP contribution in [0.25, 0.3) is 11.1 Å². The molecule has 136 valence electrons. The number of anilines is 1.